The van der Waals surface area contributed by atoms with Crippen LogP contribution in [0.4, 0.5) is 0 Å². The summed E-state index contributed by atoms with van der Waals surface area (Å²) in [6, 6.07) is 2.01. The van der Waals surface area contributed by atoms with Crippen LogP contribution in [0.15, 0.2) is 18.5 Å². The molecule has 1 N–H and O–H groups in total. The number of rotatable bonds is 4. The molecule has 0 aromatic carbocycles. The number of hydrogen-bond donors (Lipinski definition) is 1. The minimum Gasteiger partial charge on any atom is -0.478 e. The van der Waals surface area contributed by atoms with E-state index in [1.165, 1.54) is 6.20 Å². The van der Waals surface area contributed by atoms with E-state index in [4.69, 9.17) is 0 Å². The van der Waals surface area contributed by atoms with Gasteiger partial charge in [0, 0.05) is 24.8 Å². The monoisotopic (exact) mass is 337 g/mol. The van der Waals surface area contributed by atoms with E-state index in [1.54, 1.807) is 17.0 Å². The lowest BCUT2D eigenvalue weighted by Gasteiger charge is -2.08. The van der Waals surface area contributed by atoms with Gasteiger partial charge in [-0.05, 0) is 36.6 Å². The highest BCUT2D eigenvalue weighted by Gasteiger charge is 2.15. The SMILES string of the molecule is Cc1nn(C)c2ncc(C=Cc3ncc(C(=O)O)c(C(C)C)n3)cc12. The smallest absolute Gasteiger partial charge is 0.339 e. The number of aromatic carboxylic acids is 1. The van der Waals surface area contributed by atoms with Crippen molar-refractivity contribution in [2.24, 2.45) is 7.05 Å². The van der Waals surface area contributed by atoms with Crippen LogP contribution in [-0.2, 0) is 7.05 Å². The Bertz CT molecular complexity index is 989. The van der Waals surface area contributed by atoms with Crippen LogP contribution in [0.2, 0.25) is 0 Å². The minimum absolute atomic E-state index is 0.00249. The van der Waals surface area contributed by atoms with Gasteiger partial charge >= 0.3 is 5.97 Å². The van der Waals surface area contributed by atoms with Crippen molar-refractivity contribution in [2.45, 2.75) is 26.7 Å². The maximum absolute atomic E-state index is 11.3. The Morgan fingerprint density at radius 2 is 2.00 bits per heavy atom. The van der Waals surface area contributed by atoms with Crippen molar-refractivity contribution in [3.05, 3.63) is 46.8 Å². The van der Waals surface area contributed by atoms with E-state index in [-0.39, 0.29) is 11.5 Å². The normalized spacial score (nSPS) is 11.7. The summed E-state index contributed by atoms with van der Waals surface area (Å²) in [6.45, 7) is 5.76. The maximum Gasteiger partial charge on any atom is 0.339 e. The Balaban J connectivity index is 1.95. The summed E-state index contributed by atoms with van der Waals surface area (Å²) in [5.41, 5.74) is 3.32. The number of hydrogen-bond acceptors (Lipinski definition) is 5. The molecule has 0 aliphatic heterocycles. The number of carboxylic acid groups (broad SMARTS) is 1. The van der Waals surface area contributed by atoms with Crippen molar-refractivity contribution in [2.75, 3.05) is 0 Å². The standard InChI is InChI=1S/C18H19N5O2/c1-10(2)16-14(18(24)25)9-19-15(21-16)6-5-12-7-13-11(3)22-23(4)17(13)20-8-12/h5-10H,1-4H3,(H,24,25). The van der Waals surface area contributed by atoms with Gasteiger partial charge in [-0.25, -0.2) is 19.7 Å². The first-order valence-corrected chi connectivity index (χ1v) is 7.94. The van der Waals surface area contributed by atoms with E-state index in [1.807, 2.05) is 40.0 Å². The highest BCUT2D eigenvalue weighted by Crippen LogP contribution is 2.19. The quantitative estimate of drug-likeness (QED) is 0.786. The second kappa shape index (κ2) is 6.43. The van der Waals surface area contributed by atoms with Crippen molar-refractivity contribution in [3.63, 3.8) is 0 Å². The van der Waals surface area contributed by atoms with E-state index >= 15 is 0 Å². The second-order valence-electron chi connectivity index (χ2n) is 6.17. The predicted octanol–water partition coefficient (Wildman–Crippen LogP) is 3.06. The Morgan fingerprint density at radius 3 is 2.68 bits per heavy atom. The highest BCUT2D eigenvalue weighted by atomic mass is 16.4. The van der Waals surface area contributed by atoms with Gasteiger partial charge in [0.15, 0.2) is 11.5 Å². The first-order chi connectivity index (χ1) is 11.9. The lowest BCUT2D eigenvalue weighted by Crippen LogP contribution is -2.08. The third kappa shape index (κ3) is 3.26. The zero-order valence-electron chi connectivity index (χ0n) is 14.6. The summed E-state index contributed by atoms with van der Waals surface area (Å²) in [5, 5.41) is 14.6. The summed E-state index contributed by atoms with van der Waals surface area (Å²) in [4.78, 5) is 24.2. The van der Waals surface area contributed by atoms with Gasteiger partial charge in [-0.1, -0.05) is 13.8 Å². The molecule has 0 spiro atoms. The summed E-state index contributed by atoms with van der Waals surface area (Å²) < 4.78 is 1.75. The minimum atomic E-state index is -1.01. The molecular weight excluding hydrogens is 318 g/mol. The van der Waals surface area contributed by atoms with Gasteiger partial charge in [0.25, 0.3) is 0 Å². The fourth-order valence-electron chi connectivity index (χ4n) is 2.68. The van der Waals surface area contributed by atoms with E-state index in [2.05, 4.69) is 20.1 Å². The van der Waals surface area contributed by atoms with Crippen LogP contribution in [-0.4, -0.2) is 35.8 Å². The van der Waals surface area contributed by atoms with Crippen molar-refractivity contribution < 1.29 is 9.90 Å². The van der Waals surface area contributed by atoms with Gasteiger partial charge in [-0.2, -0.15) is 5.10 Å². The Labute approximate surface area is 145 Å². The Hall–Kier alpha value is -3.09. The number of aryl methyl sites for hydroxylation is 2. The van der Waals surface area contributed by atoms with Crippen LogP contribution in [0.1, 0.15) is 52.9 Å². The second-order valence-corrected chi connectivity index (χ2v) is 6.17. The van der Waals surface area contributed by atoms with E-state index in [9.17, 15) is 9.90 Å². The molecule has 25 heavy (non-hydrogen) atoms. The third-order valence-corrected chi connectivity index (χ3v) is 3.92. The molecule has 0 aliphatic rings. The van der Waals surface area contributed by atoms with Gasteiger partial charge in [-0.3, -0.25) is 4.68 Å². The molecule has 0 aliphatic carbocycles. The number of nitrogens with zero attached hydrogens (tertiary/aromatic N) is 5. The number of carbonyl (C=O) groups is 1. The molecule has 128 valence electrons. The van der Waals surface area contributed by atoms with Gasteiger partial charge in [0.1, 0.15) is 0 Å². The van der Waals surface area contributed by atoms with Crippen LogP contribution in [0.5, 0.6) is 0 Å². The molecule has 0 atom stereocenters. The highest BCUT2D eigenvalue weighted by molar-refractivity contribution is 5.89. The molecule has 0 fully saturated rings. The van der Waals surface area contributed by atoms with E-state index in [0.29, 0.717) is 11.5 Å². The van der Waals surface area contributed by atoms with Crippen LogP contribution in [0, 0.1) is 6.92 Å². The molecule has 0 saturated heterocycles. The molecule has 0 bridgehead atoms. The molecule has 3 aromatic rings. The summed E-state index contributed by atoms with van der Waals surface area (Å²) in [5.74, 6) is -0.546. The summed E-state index contributed by atoms with van der Waals surface area (Å²) in [7, 11) is 1.86. The van der Waals surface area contributed by atoms with Crippen molar-refractivity contribution in [3.8, 4) is 0 Å². The molecule has 7 nitrogen and oxygen atoms in total. The zero-order valence-corrected chi connectivity index (χ0v) is 14.6. The average Bonchev–Trinajstić information content (AvgIpc) is 2.86. The molecule has 0 amide bonds. The van der Waals surface area contributed by atoms with Crippen LogP contribution < -0.4 is 0 Å². The van der Waals surface area contributed by atoms with Gasteiger partial charge in [-0.15, -0.1) is 0 Å². The Kier molecular flexibility index (Phi) is 4.31. The topological polar surface area (TPSA) is 93.8 Å². The maximum atomic E-state index is 11.3. The summed E-state index contributed by atoms with van der Waals surface area (Å²) >= 11 is 0. The fourth-order valence-corrected chi connectivity index (χ4v) is 2.68. The van der Waals surface area contributed by atoms with Crippen LogP contribution in [0.3, 0.4) is 0 Å². The predicted molar refractivity (Wildman–Crippen MR) is 95.3 cm³/mol. The number of carboxylic acids is 1. The van der Waals surface area contributed by atoms with Gasteiger partial charge in [0.2, 0.25) is 0 Å². The van der Waals surface area contributed by atoms with Gasteiger partial charge in [0.05, 0.1) is 17.0 Å². The molecule has 0 unspecified atom stereocenters. The van der Waals surface area contributed by atoms with Crippen LogP contribution >= 0.6 is 0 Å². The van der Waals surface area contributed by atoms with Gasteiger partial charge < -0.3 is 5.11 Å². The number of fused-ring (bicyclic) bond motifs is 1. The van der Waals surface area contributed by atoms with E-state index < -0.39 is 5.97 Å². The van der Waals surface area contributed by atoms with Crippen molar-refractivity contribution >= 4 is 29.2 Å². The lowest BCUT2D eigenvalue weighted by molar-refractivity contribution is 0.0694. The molecule has 3 rings (SSSR count). The van der Waals surface area contributed by atoms with E-state index in [0.717, 1.165) is 22.3 Å². The molecule has 7 heteroatoms. The lowest BCUT2D eigenvalue weighted by atomic mass is 10.1. The molecule has 0 saturated carbocycles. The number of pyridine rings is 1. The first-order valence-electron chi connectivity index (χ1n) is 7.94. The number of aromatic nitrogens is 5. The van der Waals surface area contributed by atoms with Crippen molar-refractivity contribution in [1.29, 1.82) is 0 Å². The van der Waals surface area contributed by atoms with Crippen molar-refractivity contribution in [1.82, 2.24) is 24.7 Å². The molecular formula is C18H19N5O2. The summed E-state index contributed by atoms with van der Waals surface area (Å²) in [6.07, 6.45) is 6.73. The molecule has 3 aromatic heterocycles. The molecule has 0 radical (unpaired) electrons. The zero-order chi connectivity index (χ0) is 18.1. The van der Waals surface area contributed by atoms with Crippen LogP contribution in [0.25, 0.3) is 23.2 Å². The molecule has 3 heterocycles. The largest absolute Gasteiger partial charge is 0.478 e. The first kappa shape index (κ1) is 16.8. The average molecular weight is 337 g/mol. The Morgan fingerprint density at radius 1 is 1.24 bits per heavy atom. The fraction of sp³-hybridized carbons (Fsp3) is 0.278. The third-order valence-electron chi connectivity index (χ3n) is 3.92.